The molecule has 2 saturated heterocycles. The number of rotatable bonds is 4. The summed E-state index contributed by atoms with van der Waals surface area (Å²) < 4.78 is 16.3. The van der Waals surface area contributed by atoms with Gasteiger partial charge in [-0.2, -0.15) is 0 Å². The number of ether oxygens (including phenoxy) is 3. The fraction of sp³-hybridized carbons (Fsp3) is 0.588. The van der Waals surface area contributed by atoms with Gasteiger partial charge >= 0.3 is 0 Å². The zero-order valence-electron chi connectivity index (χ0n) is 13.0. The first kappa shape index (κ1) is 15.3. The van der Waals surface area contributed by atoms with E-state index in [0.717, 1.165) is 37.1 Å². The highest BCUT2D eigenvalue weighted by Crippen LogP contribution is 2.27. The molecule has 0 unspecified atom stereocenters. The lowest BCUT2D eigenvalue weighted by Crippen LogP contribution is -2.47. The van der Waals surface area contributed by atoms with Gasteiger partial charge in [0.1, 0.15) is 5.75 Å². The van der Waals surface area contributed by atoms with Crippen molar-refractivity contribution in [3.8, 4) is 5.75 Å². The molecule has 5 heteroatoms. The first-order valence-electron chi connectivity index (χ1n) is 7.91. The fourth-order valence-corrected chi connectivity index (χ4v) is 3.28. The summed E-state index contributed by atoms with van der Waals surface area (Å²) in [5, 5.41) is 0. The van der Waals surface area contributed by atoms with Crippen LogP contribution in [0.3, 0.4) is 0 Å². The number of hydrogen-bond donors (Lipinski definition) is 0. The highest BCUT2D eigenvalue weighted by Gasteiger charge is 2.35. The zero-order valence-corrected chi connectivity index (χ0v) is 13.0. The normalized spacial score (nSPS) is 25.2. The summed E-state index contributed by atoms with van der Waals surface area (Å²) in [5.41, 5.74) is 1.15. The van der Waals surface area contributed by atoms with Crippen molar-refractivity contribution in [1.82, 2.24) is 4.90 Å². The van der Waals surface area contributed by atoms with E-state index in [9.17, 15) is 4.79 Å². The molecule has 1 aromatic rings. The second-order valence-electron chi connectivity index (χ2n) is 5.78. The lowest BCUT2D eigenvalue weighted by atomic mass is 10.0. The maximum Gasteiger partial charge on any atom is 0.254 e. The summed E-state index contributed by atoms with van der Waals surface area (Å²) >= 11 is 0. The van der Waals surface area contributed by atoms with Gasteiger partial charge in [-0.15, -0.1) is 0 Å². The molecular formula is C17H23NO4. The average Bonchev–Trinajstić information content (AvgIpc) is 3.03. The number of methoxy groups -OCH3 is 1. The molecule has 0 bridgehead atoms. The van der Waals surface area contributed by atoms with Gasteiger partial charge in [-0.3, -0.25) is 4.79 Å². The molecule has 5 nitrogen and oxygen atoms in total. The van der Waals surface area contributed by atoms with Crippen LogP contribution in [-0.4, -0.2) is 56.4 Å². The van der Waals surface area contributed by atoms with E-state index in [-0.39, 0.29) is 11.9 Å². The summed E-state index contributed by atoms with van der Waals surface area (Å²) in [6.07, 6.45) is 2.45. The van der Waals surface area contributed by atoms with Crippen LogP contribution in [0.4, 0.5) is 0 Å². The van der Waals surface area contributed by atoms with Gasteiger partial charge in [-0.1, -0.05) is 18.2 Å². The first-order chi connectivity index (χ1) is 10.8. The van der Waals surface area contributed by atoms with E-state index in [1.54, 1.807) is 7.11 Å². The smallest absolute Gasteiger partial charge is 0.254 e. The molecule has 1 aromatic carbocycles. The van der Waals surface area contributed by atoms with Crippen LogP contribution in [0, 0.1) is 0 Å². The third-order valence-electron chi connectivity index (χ3n) is 4.40. The molecule has 0 spiro atoms. The highest BCUT2D eigenvalue weighted by molar-refractivity contribution is 5.81. The van der Waals surface area contributed by atoms with E-state index >= 15 is 0 Å². The Labute approximate surface area is 131 Å². The van der Waals surface area contributed by atoms with E-state index in [1.165, 1.54) is 0 Å². The van der Waals surface area contributed by atoms with Gasteiger partial charge in [0, 0.05) is 12.6 Å². The van der Waals surface area contributed by atoms with E-state index < -0.39 is 6.10 Å². The second kappa shape index (κ2) is 7.11. The highest BCUT2D eigenvalue weighted by atomic mass is 16.6. The average molecular weight is 305 g/mol. The Morgan fingerprint density at radius 3 is 3.00 bits per heavy atom. The molecule has 1 amide bonds. The van der Waals surface area contributed by atoms with Crippen LogP contribution in [0.2, 0.25) is 0 Å². The second-order valence-corrected chi connectivity index (χ2v) is 5.78. The van der Waals surface area contributed by atoms with Gasteiger partial charge < -0.3 is 19.1 Å². The van der Waals surface area contributed by atoms with Crippen LogP contribution in [0.1, 0.15) is 18.4 Å². The molecule has 2 heterocycles. The van der Waals surface area contributed by atoms with Crippen molar-refractivity contribution in [2.45, 2.75) is 31.4 Å². The van der Waals surface area contributed by atoms with Crippen molar-refractivity contribution < 1.29 is 19.0 Å². The molecule has 0 saturated carbocycles. The minimum atomic E-state index is -0.438. The van der Waals surface area contributed by atoms with Gasteiger partial charge in [0.05, 0.1) is 26.9 Å². The van der Waals surface area contributed by atoms with Gasteiger partial charge in [0.15, 0.2) is 6.10 Å². The Morgan fingerprint density at radius 2 is 2.23 bits per heavy atom. The lowest BCUT2D eigenvalue weighted by molar-refractivity contribution is -0.158. The van der Waals surface area contributed by atoms with Crippen molar-refractivity contribution in [2.24, 2.45) is 0 Å². The SMILES string of the molecule is COc1ccccc1C[C@H]1CCCN1C(=O)[C@@H]1COCCO1. The Bertz CT molecular complexity index is 513. The summed E-state index contributed by atoms with van der Waals surface area (Å²) in [6.45, 7) is 2.26. The number of hydrogen-bond acceptors (Lipinski definition) is 4. The number of nitrogens with zero attached hydrogens (tertiary/aromatic N) is 1. The minimum Gasteiger partial charge on any atom is -0.496 e. The molecule has 120 valence electrons. The molecule has 0 aliphatic carbocycles. The molecular weight excluding hydrogens is 282 g/mol. The first-order valence-corrected chi connectivity index (χ1v) is 7.91. The lowest BCUT2D eigenvalue weighted by Gasteiger charge is -2.31. The molecule has 0 N–H and O–H groups in total. The number of amides is 1. The van der Waals surface area contributed by atoms with Crippen molar-refractivity contribution in [2.75, 3.05) is 33.5 Å². The third-order valence-corrected chi connectivity index (χ3v) is 4.40. The number of carbonyl (C=O) groups excluding carboxylic acids is 1. The molecule has 2 fully saturated rings. The van der Waals surface area contributed by atoms with Crippen LogP contribution in [0.15, 0.2) is 24.3 Å². The number of benzene rings is 1. The summed E-state index contributed by atoms with van der Waals surface area (Å²) in [6, 6.07) is 8.23. The zero-order chi connectivity index (χ0) is 15.4. The number of likely N-dealkylation sites (tertiary alicyclic amines) is 1. The molecule has 2 aliphatic rings. The van der Waals surface area contributed by atoms with Gasteiger partial charge in [0.25, 0.3) is 5.91 Å². The quantitative estimate of drug-likeness (QED) is 0.848. The summed E-state index contributed by atoms with van der Waals surface area (Å²) in [5.74, 6) is 0.955. The predicted molar refractivity (Wildman–Crippen MR) is 82.0 cm³/mol. The monoisotopic (exact) mass is 305 g/mol. The van der Waals surface area contributed by atoms with Crippen molar-refractivity contribution >= 4 is 5.91 Å². The number of para-hydroxylation sites is 1. The number of carbonyl (C=O) groups is 1. The minimum absolute atomic E-state index is 0.0668. The van der Waals surface area contributed by atoms with Crippen molar-refractivity contribution in [3.05, 3.63) is 29.8 Å². The van der Waals surface area contributed by atoms with Crippen LogP contribution < -0.4 is 4.74 Å². The summed E-state index contributed by atoms with van der Waals surface area (Å²) in [7, 11) is 1.68. The standard InChI is InChI=1S/C17H23NO4/c1-20-15-7-3-2-5-13(15)11-14-6-4-8-18(14)17(19)16-12-21-9-10-22-16/h2-3,5,7,14,16H,4,6,8-12H2,1H3/t14-,16+/m1/s1. The van der Waals surface area contributed by atoms with Crippen LogP contribution in [0.5, 0.6) is 5.75 Å². The van der Waals surface area contributed by atoms with Crippen LogP contribution >= 0.6 is 0 Å². The maximum atomic E-state index is 12.6. The van der Waals surface area contributed by atoms with E-state index in [4.69, 9.17) is 14.2 Å². The molecule has 2 atom stereocenters. The maximum absolute atomic E-state index is 12.6. The molecule has 3 rings (SSSR count). The Hall–Kier alpha value is -1.59. The molecule has 22 heavy (non-hydrogen) atoms. The largest absolute Gasteiger partial charge is 0.496 e. The van der Waals surface area contributed by atoms with E-state index in [0.29, 0.717) is 19.8 Å². The van der Waals surface area contributed by atoms with Crippen molar-refractivity contribution in [3.63, 3.8) is 0 Å². The third kappa shape index (κ3) is 3.25. The van der Waals surface area contributed by atoms with E-state index in [1.807, 2.05) is 23.1 Å². The van der Waals surface area contributed by atoms with Gasteiger partial charge in [-0.25, -0.2) is 0 Å². The van der Waals surface area contributed by atoms with Crippen molar-refractivity contribution in [1.29, 1.82) is 0 Å². The van der Waals surface area contributed by atoms with Crippen LogP contribution in [0.25, 0.3) is 0 Å². The van der Waals surface area contributed by atoms with E-state index in [2.05, 4.69) is 6.07 Å². The summed E-state index contributed by atoms with van der Waals surface area (Å²) in [4.78, 5) is 14.6. The Balaban J connectivity index is 1.68. The van der Waals surface area contributed by atoms with Crippen LogP contribution in [-0.2, 0) is 20.7 Å². The van der Waals surface area contributed by atoms with Gasteiger partial charge in [-0.05, 0) is 30.9 Å². The Kier molecular flexibility index (Phi) is 4.95. The molecule has 0 aromatic heterocycles. The Morgan fingerprint density at radius 1 is 1.36 bits per heavy atom. The predicted octanol–water partition coefficient (Wildman–Crippen LogP) is 1.64. The van der Waals surface area contributed by atoms with Gasteiger partial charge in [0.2, 0.25) is 0 Å². The molecule has 0 radical (unpaired) electrons. The fourth-order valence-electron chi connectivity index (χ4n) is 3.28. The molecule has 2 aliphatic heterocycles. The topological polar surface area (TPSA) is 48.0 Å².